The zero-order valence-corrected chi connectivity index (χ0v) is 12.9. The van der Waals surface area contributed by atoms with E-state index in [9.17, 15) is 15.2 Å². The number of anilines is 1. The number of nitro benzene ring substituents is 1. The van der Waals surface area contributed by atoms with Crippen molar-refractivity contribution in [3.8, 4) is 0 Å². The molecule has 1 aliphatic carbocycles. The number of benzene rings is 1. The van der Waals surface area contributed by atoms with E-state index in [0.717, 1.165) is 31.4 Å². The van der Waals surface area contributed by atoms with Crippen LogP contribution in [0.2, 0.25) is 0 Å². The summed E-state index contributed by atoms with van der Waals surface area (Å²) in [5.74, 6) is 0. The van der Waals surface area contributed by atoms with Crippen molar-refractivity contribution in [2.45, 2.75) is 32.1 Å². The predicted octanol–water partition coefficient (Wildman–Crippen LogP) is 3.71. The minimum atomic E-state index is -0.405. The Hall–Kier alpha value is -1.14. The molecule has 0 aromatic heterocycles. The van der Waals surface area contributed by atoms with Gasteiger partial charge in [0.2, 0.25) is 0 Å². The van der Waals surface area contributed by atoms with Crippen LogP contribution in [0.4, 0.5) is 11.4 Å². The van der Waals surface area contributed by atoms with E-state index in [1.54, 1.807) is 6.07 Å². The Morgan fingerprint density at radius 1 is 1.35 bits per heavy atom. The lowest BCUT2D eigenvalue weighted by atomic mass is 9.74. The molecule has 1 aromatic rings. The summed E-state index contributed by atoms with van der Waals surface area (Å²) in [6, 6.07) is 5.01. The second-order valence-corrected chi connectivity index (χ2v) is 6.35. The summed E-state index contributed by atoms with van der Waals surface area (Å²) in [6.45, 7) is 0.820. The molecule has 0 spiro atoms. The van der Waals surface area contributed by atoms with Crippen LogP contribution in [0.5, 0.6) is 0 Å². The first kappa shape index (κ1) is 15.3. The van der Waals surface area contributed by atoms with Gasteiger partial charge in [0.05, 0.1) is 16.0 Å². The minimum absolute atomic E-state index is 0.0525. The maximum absolute atomic E-state index is 10.9. The van der Waals surface area contributed by atoms with E-state index in [4.69, 9.17) is 0 Å². The number of aliphatic hydroxyl groups excluding tert-OH is 1. The summed E-state index contributed by atoms with van der Waals surface area (Å²) in [4.78, 5) is 10.5. The smallest absolute Gasteiger partial charge is 0.285 e. The number of nitrogens with zero attached hydrogens (tertiary/aromatic N) is 1. The van der Waals surface area contributed by atoms with E-state index in [2.05, 4.69) is 21.2 Å². The van der Waals surface area contributed by atoms with Gasteiger partial charge >= 0.3 is 0 Å². The fraction of sp³-hybridized carbons (Fsp3) is 0.571. The number of rotatable bonds is 5. The molecule has 0 heterocycles. The lowest BCUT2D eigenvalue weighted by Gasteiger charge is -2.36. The second kappa shape index (κ2) is 6.54. The van der Waals surface area contributed by atoms with Gasteiger partial charge in [-0.2, -0.15) is 0 Å². The van der Waals surface area contributed by atoms with Crippen molar-refractivity contribution in [2.75, 3.05) is 18.5 Å². The van der Waals surface area contributed by atoms with Gasteiger partial charge in [-0.15, -0.1) is 0 Å². The Bertz CT molecular complexity index is 487. The highest BCUT2D eigenvalue weighted by Gasteiger charge is 2.31. The Balaban J connectivity index is 2.06. The highest BCUT2D eigenvalue weighted by atomic mass is 79.9. The molecular weight excluding hydrogens is 324 g/mol. The van der Waals surface area contributed by atoms with Gasteiger partial charge in [0.25, 0.3) is 5.69 Å². The molecule has 0 amide bonds. The molecule has 0 atom stereocenters. The zero-order chi connectivity index (χ0) is 14.6. The molecule has 2 rings (SSSR count). The maximum Gasteiger partial charge on any atom is 0.285 e. The number of nitrogens with one attached hydrogen (secondary N) is 1. The van der Waals surface area contributed by atoms with Crippen molar-refractivity contribution in [2.24, 2.45) is 5.41 Å². The van der Waals surface area contributed by atoms with Crippen molar-refractivity contribution >= 4 is 27.3 Å². The molecule has 1 aliphatic rings. The number of nitro groups is 1. The maximum atomic E-state index is 10.9. The number of halogens is 1. The number of hydrogen-bond donors (Lipinski definition) is 2. The Kier molecular flexibility index (Phi) is 4.99. The molecular formula is C14H19BrN2O3. The van der Waals surface area contributed by atoms with E-state index >= 15 is 0 Å². The number of aliphatic hydroxyl groups is 1. The van der Waals surface area contributed by atoms with Crippen LogP contribution >= 0.6 is 15.9 Å². The van der Waals surface area contributed by atoms with Crippen LogP contribution in [0.3, 0.4) is 0 Å². The van der Waals surface area contributed by atoms with E-state index in [0.29, 0.717) is 11.0 Å². The van der Waals surface area contributed by atoms with Crippen LogP contribution in [0.15, 0.2) is 22.7 Å². The first-order valence-electron chi connectivity index (χ1n) is 6.85. The van der Waals surface area contributed by atoms with Gasteiger partial charge in [0, 0.05) is 23.7 Å². The molecule has 2 N–H and O–H groups in total. The molecule has 0 saturated heterocycles. The standard InChI is InChI=1S/C14H19BrN2O3/c15-12-5-4-11(8-13(12)17(19)20)16-9-14(10-18)6-2-1-3-7-14/h4-5,8,16,18H,1-3,6-7,9-10H2. The van der Waals surface area contributed by atoms with Crippen molar-refractivity contribution in [3.05, 3.63) is 32.8 Å². The van der Waals surface area contributed by atoms with Crippen LogP contribution in [-0.4, -0.2) is 23.2 Å². The van der Waals surface area contributed by atoms with Crippen LogP contribution in [0.1, 0.15) is 32.1 Å². The van der Waals surface area contributed by atoms with E-state index in [1.807, 2.05) is 6.07 Å². The van der Waals surface area contributed by atoms with E-state index < -0.39 is 4.92 Å². The molecule has 0 bridgehead atoms. The fourth-order valence-electron chi connectivity index (χ4n) is 2.74. The molecule has 1 fully saturated rings. The topological polar surface area (TPSA) is 75.4 Å². The zero-order valence-electron chi connectivity index (χ0n) is 11.3. The summed E-state index contributed by atoms with van der Waals surface area (Å²) < 4.78 is 0.475. The van der Waals surface area contributed by atoms with E-state index in [1.165, 1.54) is 12.5 Å². The molecule has 0 unspecified atom stereocenters. The monoisotopic (exact) mass is 342 g/mol. The largest absolute Gasteiger partial charge is 0.396 e. The second-order valence-electron chi connectivity index (χ2n) is 5.50. The molecule has 20 heavy (non-hydrogen) atoms. The van der Waals surface area contributed by atoms with Crippen molar-refractivity contribution in [1.29, 1.82) is 0 Å². The summed E-state index contributed by atoms with van der Waals surface area (Å²) in [6.07, 6.45) is 5.53. The van der Waals surface area contributed by atoms with Gasteiger partial charge < -0.3 is 10.4 Å². The van der Waals surface area contributed by atoms with Crippen LogP contribution < -0.4 is 5.32 Å². The molecule has 0 aliphatic heterocycles. The molecule has 1 aromatic carbocycles. The molecule has 6 heteroatoms. The fourth-order valence-corrected chi connectivity index (χ4v) is 3.14. The van der Waals surface area contributed by atoms with Gasteiger partial charge in [0.1, 0.15) is 0 Å². The summed E-state index contributed by atoms with van der Waals surface area (Å²) >= 11 is 3.17. The quantitative estimate of drug-likeness (QED) is 0.631. The van der Waals surface area contributed by atoms with Crippen LogP contribution in [-0.2, 0) is 0 Å². The average Bonchev–Trinajstić information content (AvgIpc) is 2.47. The van der Waals surface area contributed by atoms with Gasteiger partial charge in [-0.3, -0.25) is 10.1 Å². The number of hydrogen-bond acceptors (Lipinski definition) is 4. The van der Waals surface area contributed by atoms with Crippen molar-refractivity contribution in [1.82, 2.24) is 0 Å². The first-order chi connectivity index (χ1) is 9.56. The van der Waals surface area contributed by atoms with Gasteiger partial charge in [-0.1, -0.05) is 19.3 Å². The van der Waals surface area contributed by atoms with Gasteiger partial charge in [-0.25, -0.2) is 0 Å². The third-order valence-corrected chi connectivity index (χ3v) is 4.73. The Morgan fingerprint density at radius 2 is 2.05 bits per heavy atom. The normalized spacial score (nSPS) is 17.7. The van der Waals surface area contributed by atoms with Crippen molar-refractivity contribution < 1.29 is 10.0 Å². The Labute approximate surface area is 126 Å². The average molecular weight is 343 g/mol. The molecule has 1 saturated carbocycles. The SMILES string of the molecule is O=[N+]([O-])c1cc(NCC2(CO)CCCCC2)ccc1Br. The van der Waals surface area contributed by atoms with E-state index in [-0.39, 0.29) is 17.7 Å². The first-order valence-corrected chi connectivity index (χ1v) is 7.64. The Morgan fingerprint density at radius 3 is 2.65 bits per heavy atom. The lowest BCUT2D eigenvalue weighted by molar-refractivity contribution is -0.385. The van der Waals surface area contributed by atoms with Crippen molar-refractivity contribution in [3.63, 3.8) is 0 Å². The molecule has 110 valence electrons. The lowest BCUT2D eigenvalue weighted by Crippen LogP contribution is -2.35. The summed E-state index contributed by atoms with van der Waals surface area (Å²) in [5.41, 5.74) is 0.690. The van der Waals surface area contributed by atoms with Gasteiger partial charge in [0.15, 0.2) is 0 Å². The third-order valence-electron chi connectivity index (χ3n) is 4.06. The molecule has 5 nitrogen and oxygen atoms in total. The molecule has 0 radical (unpaired) electrons. The minimum Gasteiger partial charge on any atom is -0.396 e. The highest BCUT2D eigenvalue weighted by molar-refractivity contribution is 9.10. The van der Waals surface area contributed by atoms with Crippen LogP contribution in [0.25, 0.3) is 0 Å². The summed E-state index contributed by atoms with van der Waals surface area (Å²) in [7, 11) is 0. The van der Waals surface area contributed by atoms with Crippen LogP contribution in [0, 0.1) is 15.5 Å². The van der Waals surface area contributed by atoms with Gasteiger partial charge in [-0.05, 0) is 40.9 Å². The third kappa shape index (κ3) is 3.49. The predicted molar refractivity (Wildman–Crippen MR) is 81.9 cm³/mol. The highest BCUT2D eigenvalue weighted by Crippen LogP contribution is 2.36. The summed E-state index contributed by atoms with van der Waals surface area (Å²) in [5, 5.41) is 23.8.